The van der Waals surface area contributed by atoms with Crippen LogP contribution in [-0.4, -0.2) is 6.98 Å². The van der Waals surface area contributed by atoms with Gasteiger partial charge in [-0.25, -0.2) is 0 Å². The normalized spacial score (nSPS) is 14.2. The highest BCUT2D eigenvalue weighted by Crippen LogP contribution is 2.12. The lowest BCUT2D eigenvalue weighted by Gasteiger charge is -2.15. The monoisotopic (exact) mass is 188 g/mol. The Balaban J connectivity index is 2.94. The maximum absolute atomic E-state index is 12.2. The highest BCUT2D eigenvalue weighted by atomic mass is 19.4. The van der Waals surface area contributed by atoms with E-state index >= 15 is 0 Å². The van der Waals surface area contributed by atoms with Gasteiger partial charge in [0, 0.05) is 6.04 Å². The molecule has 1 nitrogen and oxygen atoms in total. The number of rotatable bonds is 2. The van der Waals surface area contributed by atoms with E-state index in [1.54, 1.807) is 6.92 Å². The first-order valence-corrected chi connectivity index (χ1v) is 3.96. The Hall–Kier alpha value is -0.965. The Bertz CT molecular complexity index is 278. The summed E-state index contributed by atoms with van der Waals surface area (Å²) in [5.74, 6) is 0. The van der Waals surface area contributed by atoms with Crippen LogP contribution in [0.25, 0.3) is 0 Å². The van der Waals surface area contributed by atoms with Gasteiger partial charge in [-0.1, -0.05) is 24.3 Å². The summed E-state index contributed by atoms with van der Waals surface area (Å²) in [6.07, 6.45) is 0. The summed E-state index contributed by atoms with van der Waals surface area (Å²) in [4.78, 5) is 0. The van der Waals surface area contributed by atoms with Crippen LogP contribution in [-0.2, 0) is 0 Å². The third-order valence-corrected chi connectivity index (χ3v) is 1.84. The summed E-state index contributed by atoms with van der Waals surface area (Å²) in [7, 11) is 0. The molecule has 1 rings (SSSR count). The van der Waals surface area contributed by atoms with E-state index in [1.807, 2.05) is 0 Å². The Labute approximate surface area is 74.8 Å². The van der Waals surface area contributed by atoms with Crippen LogP contribution >= 0.6 is 0 Å². The van der Waals surface area contributed by atoms with Crippen molar-refractivity contribution >= 4 is 12.4 Å². The molecule has 0 saturated carbocycles. The van der Waals surface area contributed by atoms with Crippen LogP contribution in [0, 0.1) is 0 Å². The second-order valence-corrected chi connectivity index (χ2v) is 3.03. The van der Waals surface area contributed by atoms with Crippen LogP contribution in [0.1, 0.15) is 18.5 Å². The van der Waals surface area contributed by atoms with Gasteiger partial charge in [0.2, 0.25) is 0 Å². The first-order chi connectivity index (χ1) is 5.91. The van der Waals surface area contributed by atoms with E-state index < -0.39 is 12.4 Å². The van der Waals surface area contributed by atoms with Crippen molar-refractivity contribution in [3.05, 3.63) is 29.8 Å². The van der Waals surface area contributed by atoms with Crippen LogP contribution in [0.2, 0.25) is 0 Å². The first-order valence-electron chi connectivity index (χ1n) is 3.96. The van der Waals surface area contributed by atoms with E-state index in [9.17, 15) is 12.9 Å². The maximum Gasteiger partial charge on any atom is 0.509 e. The lowest BCUT2D eigenvalue weighted by Crippen LogP contribution is -2.33. The molecule has 0 heterocycles. The molecule has 72 valence electrons. The fourth-order valence-electron chi connectivity index (χ4n) is 1.02. The molecule has 0 bridgehead atoms. The number of hydrogen-bond acceptors (Lipinski definition) is 1. The standard InChI is InChI=1S/C8H10BF3N/c1-6(13)7-2-4-8(5-3-7)9(10,11)12/h2-6H,13H2,1H3/q-1. The second-order valence-electron chi connectivity index (χ2n) is 3.03. The van der Waals surface area contributed by atoms with Crippen LogP contribution in [0.3, 0.4) is 0 Å². The molecule has 0 aliphatic rings. The smallest absolute Gasteiger partial charge is 0.445 e. The van der Waals surface area contributed by atoms with E-state index in [1.165, 1.54) is 12.1 Å². The highest BCUT2D eigenvalue weighted by molar-refractivity contribution is 6.73. The van der Waals surface area contributed by atoms with Crippen molar-refractivity contribution in [2.45, 2.75) is 13.0 Å². The van der Waals surface area contributed by atoms with Crippen molar-refractivity contribution in [3.8, 4) is 0 Å². The number of halogens is 3. The summed E-state index contributed by atoms with van der Waals surface area (Å²) >= 11 is 0. The van der Waals surface area contributed by atoms with Crippen molar-refractivity contribution < 1.29 is 12.9 Å². The number of nitrogens with two attached hydrogens (primary N) is 1. The van der Waals surface area contributed by atoms with Gasteiger partial charge in [-0.2, -0.15) is 0 Å². The van der Waals surface area contributed by atoms with Crippen molar-refractivity contribution in [1.82, 2.24) is 0 Å². The van der Waals surface area contributed by atoms with E-state index in [0.29, 0.717) is 5.56 Å². The Morgan fingerprint density at radius 1 is 1.15 bits per heavy atom. The zero-order valence-electron chi connectivity index (χ0n) is 7.18. The Morgan fingerprint density at radius 2 is 1.62 bits per heavy atom. The zero-order chi connectivity index (χ0) is 10.1. The largest absolute Gasteiger partial charge is 0.509 e. The molecule has 1 unspecified atom stereocenters. The van der Waals surface area contributed by atoms with Crippen LogP contribution in [0.5, 0.6) is 0 Å². The third kappa shape index (κ3) is 2.49. The minimum absolute atomic E-state index is 0.227. The summed E-state index contributed by atoms with van der Waals surface area (Å²) in [6, 6.07) is 4.73. The molecule has 13 heavy (non-hydrogen) atoms. The predicted molar refractivity (Wildman–Crippen MR) is 47.8 cm³/mol. The van der Waals surface area contributed by atoms with Gasteiger partial charge in [0.25, 0.3) is 0 Å². The molecule has 1 atom stereocenters. The van der Waals surface area contributed by atoms with E-state index in [0.717, 1.165) is 12.1 Å². The molecule has 0 aliphatic carbocycles. The molecule has 0 spiro atoms. The van der Waals surface area contributed by atoms with Crippen molar-refractivity contribution in [2.75, 3.05) is 0 Å². The lowest BCUT2D eigenvalue weighted by molar-refractivity contribution is 0.501. The zero-order valence-corrected chi connectivity index (χ0v) is 7.18. The molecule has 0 aromatic heterocycles. The third-order valence-electron chi connectivity index (χ3n) is 1.84. The summed E-state index contributed by atoms with van der Waals surface area (Å²) < 4.78 is 36.5. The molecule has 1 aromatic carbocycles. The van der Waals surface area contributed by atoms with Crippen molar-refractivity contribution in [2.24, 2.45) is 5.73 Å². The Kier molecular flexibility index (Phi) is 2.66. The molecule has 0 aliphatic heterocycles. The van der Waals surface area contributed by atoms with Gasteiger partial charge in [0.15, 0.2) is 0 Å². The van der Waals surface area contributed by atoms with Crippen LogP contribution in [0.15, 0.2) is 24.3 Å². The average molecular weight is 188 g/mol. The molecule has 0 saturated heterocycles. The van der Waals surface area contributed by atoms with E-state index in [2.05, 4.69) is 0 Å². The Morgan fingerprint density at radius 3 is 1.92 bits per heavy atom. The summed E-state index contributed by atoms with van der Waals surface area (Å²) in [5, 5.41) is 0. The quantitative estimate of drug-likeness (QED) is 0.703. The SMILES string of the molecule is CC(N)c1ccc([B-](F)(F)F)cc1. The van der Waals surface area contributed by atoms with Crippen molar-refractivity contribution in [1.29, 1.82) is 0 Å². The molecule has 5 heteroatoms. The molecule has 0 fully saturated rings. The van der Waals surface area contributed by atoms with Gasteiger partial charge in [0.05, 0.1) is 0 Å². The molecular weight excluding hydrogens is 178 g/mol. The number of benzene rings is 1. The van der Waals surface area contributed by atoms with Crippen LogP contribution < -0.4 is 11.2 Å². The molecule has 0 radical (unpaired) electrons. The highest BCUT2D eigenvalue weighted by Gasteiger charge is 2.24. The van der Waals surface area contributed by atoms with Gasteiger partial charge >= 0.3 is 6.98 Å². The van der Waals surface area contributed by atoms with Gasteiger partial charge in [-0.15, -0.1) is 5.46 Å². The topological polar surface area (TPSA) is 26.0 Å². The average Bonchev–Trinajstić information content (AvgIpc) is 2.03. The van der Waals surface area contributed by atoms with Gasteiger partial charge in [-0.05, 0) is 12.5 Å². The molecular formula is C8H10BF3N-. The van der Waals surface area contributed by atoms with Gasteiger partial charge in [-0.3, -0.25) is 0 Å². The minimum Gasteiger partial charge on any atom is -0.445 e. The summed E-state index contributed by atoms with van der Waals surface area (Å²) in [5.41, 5.74) is 5.63. The second kappa shape index (κ2) is 3.42. The fourth-order valence-corrected chi connectivity index (χ4v) is 1.02. The summed E-state index contributed by atoms with van der Waals surface area (Å²) in [6.45, 7) is -3.15. The van der Waals surface area contributed by atoms with Crippen molar-refractivity contribution in [3.63, 3.8) is 0 Å². The minimum atomic E-state index is -4.88. The van der Waals surface area contributed by atoms with Gasteiger partial charge in [0.1, 0.15) is 0 Å². The predicted octanol–water partition coefficient (Wildman–Crippen LogP) is 1.76. The lowest BCUT2D eigenvalue weighted by atomic mass is 9.80. The first kappa shape index (κ1) is 10.1. The van der Waals surface area contributed by atoms with E-state index in [4.69, 9.17) is 5.73 Å². The molecule has 2 N–H and O–H groups in total. The molecule has 0 amide bonds. The van der Waals surface area contributed by atoms with Crippen LogP contribution in [0.4, 0.5) is 12.9 Å². The number of hydrogen-bond donors (Lipinski definition) is 1. The molecule has 1 aromatic rings. The fraction of sp³-hybridized carbons (Fsp3) is 0.250. The maximum atomic E-state index is 12.2. The van der Waals surface area contributed by atoms with E-state index in [-0.39, 0.29) is 6.04 Å². The van der Waals surface area contributed by atoms with Gasteiger partial charge < -0.3 is 18.7 Å².